The minimum absolute atomic E-state index is 0.0120. The van der Waals surface area contributed by atoms with Crippen molar-refractivity contribution in [2.45, 2.75) is 0 Å². The summed E-state index contributed by atoms with van der Waals surface area (Å²) < 4.78 is 1.38. The molecule has 7 nitrogen and oxygen atoms in total. The van der Waals surface area contributed by atoms with E-state index in [1.807, 2.05) is 0 Å². The summed E-state index contributed by atoms with van der Waals surface area (Å²) >= 11 is 0. The first kappa shape index (κ1) is 11.8. The normalized spacial score (nSPS) is 10.3. The van der Waals surface area contributed by atoms with E-state index in [-0.39, 0.29) is 11.3 Å². The molecule has 1 aromatic carbocycles. The SMILES string of the molecule is Cn1ncc(C(=O)O)c1-c1cccc([N+](=O)[O-])c1. The molecule has 0 aliphatic carbocycles. The lowest BCUT2D eigenvalue weighted by Gasteiger charge is -2.03. The Morgan fingerprint density at radius 2 is 2.22 bits per heavy atom. The fraction of sp³-hybridized carbons (Fsp3) is 0.0909. The van der Waals surface area contributed by atoms with Gasteiger partial charge >= 0.3 is 5.97 Å². The van der Waals surface area contributed by atoms with Crippen LogP contribution in [0.3, 0.4) is 0 Å². The second kappa shape index (κ2) is 4.28. The molecule has 0 radical (unpaired) electrons. The molecule has 18 heavy (non-hydrogen) atoms. The van der Waals surface area contributed by atoms with Gasteiger partial charge in [0.25, 0.3) is 5.69 Å². The smallest absolute Gasteiger partial charge is 0.339 e. The molecule has 2 rings (SSSR count). The fourth-order valence-corrected chi connectivity index (χ4v) is 1.70. The lowest BCUT2D eigenvalue weighted by Crippen LogP contribution is -2.01. The van der Waals surface area contributed by atoms with Crippen LogP contribution in [0.1, 0.15) is 10.4 Å². The Bertz CT molecular complexity index is 633. The van der Waals surface area contributed by atoms with Crippen LogP contribution in [0.2, 0.25) is 0 Å². The number of carboxylic acids is 1. The lowest BCUT2D eigenvalue weighted by atomic mass is 10.1. The number of hydrogen-bond acceptors (Lipinski definition) is 4. The van der Waals surface area contributed by atoms with Gasteiger partial charge in [-0.2, -0.15) is 5.10 Å². The molecule has 0 amide bonds. The third kappa shape index (κ3) is 1.93. The quantitative estimate of drug-likeness (QED) is 0.657. The van der Waals surface area contributed by atoms with Gasteiger partial charge in [0.1, 0.15) is 5.56 Å². The van der Waals surface area contributed by atoms with E-state index in [9.17, 15) is 14.9 Å². The number of hydrogen-bond donors (Lipinski definition) is 1. The third-order valence-corrected chi connectivity index (χ3v) is 2.50. The van der Waals surface area contributed by atoms with Crippen molar-refractivity contribution in [2.24, 2.45) is 7.05 Å². The molecule has 92 valence electrons. The van der Waals surface area contributed by atoms with Gasteiger partial charge in [0.05, 0.1) is 16.8 Å². The Labute approximate surface area is 101 Å². The van der Waals surface area contributed by atoms with Crippen molar-refractivity contribution in [2.75, 3.05) is 0 Å². The topological polar surface area (TPSA) is 98.3 Å². The minimum Gasteiger partial charge on any atom is -0.478 e. The minimum atomic E-state index is -1.12. The van der Waals surface area contributed by atoms with Gasteiger partial charge in [0.2, 0.25) is 0 Å². The molecule has 0 aliphatic rings. The van der Waals surface area contributed by atoms with Crippen LogP contribution in [-0.4, -0.2) is 25.8 Å². The number of nitro benzene ring substituents is 1. The maximum Gasteiger partial charge on any atom is 0.339 e. The molecule has 0 bridgehead atoms. The number of benzene rings is 1. The Kier molecular flexibility index (Phi) is 2.80. The van der Waals surface area contributed by atoms with Gasteiger partial charge in [-0.25, -0.2) is 4.79 Å². The number of nitrogens with zero attached hydrogens (tertiary/aromatic N) is 3. The molecular weight excluding hydrogens is 238 g/mol. The molecule has 0 saturated heterocycles. The summed E-state index contributed by atoms with van der Waals surface area (Å²) in [6.07, 6.45) is 1.22. The number of nitro groups is 1. The van der Waals surface area contributed by atoms with Crippen molar-refractivity contribution in [1.29, 1.82) is 0 Å². The number of aromatic nitrogens is 2. The van der Waals surface area contributed by atoms with Crippen LogP contribution in [0, 0.1) is 10.1 Å². The summed E-state index contributed by atoms with van der Waals surface area (Å²) in [5.74, 6) is -1.12. The van der Waals surface area contributed by atoms with Gasteiger partial charge in [-0.15, -0.1) is 0 Å². The Balaban J connectivity index is 2.61. The summed E-state index contributed by atoms with van der Waals surface area (Å²) in [7, 11) is 1.58. The lowest BCUT2D eigenvalue weighted by molar-refractivity contribution is -0.384. The standard InChI is InChI=1S/C11H9N3O4/c1-13-10(9(6-12-13)11(15)16)7-3-2-4-8(5-7)14(17)18/h2-6H,1H3,(H,15,16). The number of carbonyl (C=O) groups is 1. The fourth-order valence-electron chi connectivity index (χ4n) is 1.70. The van der Waals surface area contributed by atoms with Gasteiger partial charge in [-0.1, -0.05) is 12.1 Å². The number of carboxylic acid groups (broad SMARTS) is 1. The molecular formula is C11H9N3O4. The van der Waals surface area contributed by atoms with Gasteiger partial charge in [-0.3, -0.25) is 14.8 Å². The third-order valence-electron chi connectivity index (χ3n) is 2.50. The Morgan fingerprint density at radius 1 is 1.50 bits per heavy atom. The second-order valence-electron chi connectivity index (χ2n) is 3.64. The van der Waals surface area contributed by atoms with Crippen molar-refractivity contribution in [3.05, 3.63) is 46.1 Å². The molecule has 2 aromatic rings. The zero-order chi connectivity index (χ0) is 13.3. The predicted octanol–water partition coefficient (Wildman–Crippen LogP) is 1.69. The number of rotatable bonds is 3. The first-order chi connectivity index (χ1) is 8.50. The van der Waals surface area contributed by atoms with Gasteiger partial charge in [0, 0.05) is 24.7 Å². The van der Waals surface area contributed by atoms with E-state index >= 15 is 0 Å². The summed E-state index contributed by atoms with van der Waals surface area (Å²) in [6, 6.07) is 5.78. The summed E-state index contributed by atoms with van der Waals surface area (Å²) in [4.78, 5) is 21.2. The van der Waals surface area contributed by atoms with Crippen LogP contribution in [0.15, 0.2) is 30.5 Å². The number of non-ortho nitro benzene ring substituents is 1. The van der Waals surface area contributed by atoms with Crippen LogP contribution in [0.5, 0.6) is 0 Å². The second-order valence-corrected chi connectivity index (χ2v) is 3.64. The molecule has 0 aliphatic heterocycles. The van der Waals surface area contributed by atoms with Crippen molar-refractivity contribution < 1.29 is 14.8 Å². The average Bonchev–Trinajstić information content (AvgIpc) is 2.71. The molecule has 0 atom stereocenters. The highest BCUT2D eigenvalue weighted by molar-refractivity contribution is 5.94. The molecule has 7 heteroatoms. The average molecular weight is 247 g/mol. The zero-order valence-corrected chi connectivity index (χ0v) is 9.40. The highest BCUT2D eigenvalue weighted by Crippen LogP contribution is 2.26. The maximum atomic E-state index is 11.0. The summed E-state index contributed by atoms with van der Waals surface area (Å²) in [5.41, 5.74) is 0.704. The largest absolute Gasteiger partial charge is 0.478 e. The molecule has 1 N–H and O–H groups in total. The Morgan fingerprint density at radius 3 is 2.83 bits per heavy atom. The van der Waals surface area contributed by atoms with E-state index < -0.39 is 10.9 Å². The van der Waals surface area contributed by atoms with E-state index in [0.29, 0.717) is 11.3 Å². The van der Waals surface area contributed by atoms with E-state index in [1.54, 1.807) is 13.1 Å². The first-order valence-corrected chi connectivity index (χ1v) is 5.01. The highest BCUT2D eigenvalue weighted by atomic mass is 16.6. The van der Waals surface area contributed by atoms with Gasteiger partial charge in [0.15, 0.2) is 0 Å². The van der Waals surface area contributed by atoms with Crippen LogP contribution < -0.4 is 0 Å². The molecule has 1 heterocycles. The summed E-state index contributed by atoms with van der Waals surface area (Å²) in [5, 5.41) is 23.6. The molecule has 1 aromatic heterocycles. The molecule has 0 fully saturated rings. The van der Waals surface area contributed by atoms with Crippen molar-refractivity contribution in [1.82, 2.24) is 9.78 Å². The van der Waals surface area contributed by atoms with Gasteiger partial charge in [-0.05, 0) is 0 Å². The van der Waals surface area contributed by atoms with Crippen LogP contribution in [-0.2, 0) is 7.05 Å². The molecule has 0 unspecified atom stereocenters. The van der Waals surface area contributed by atoms with Gasteiger partial charge < -0.3 is 5.11 Å². The van der Waals surface area contributed by atoms with E-state index in [2.05, 4.69) is 5.10 Å². The Hall–Kier alpha value is -2.70. The highest BCUT2D eigenvalue weighted by Gasteiger charge is 2.18. The predicted molar refractivity (Wildman–Crippen MR) is 62.3 cm³/mol. The van der Waals surface area contributed by atoms with E-state index in [4.69, 9.17) is 5.11 Å². The van der Waals surface area contributed by atoms with Crippen LogP contribution in [0.4, 0.5) is 5.69 Å². The number of aryl methyl sites for hydroxylation is 1. The van der Waals surface area contributed by atoms with Crippen LogP contribution in [0.25, 0.3) is 11.3 Å². The van der Waals surface area contributed by atoms with Crippen molar-refractivity contribution >= 4 is 11.7 Å². The van der Waals surface area contributed by atoms with Crippen molar-refractivity contribution in [3.8, 4) is 11.3 Å². The maximum absolute atomic E-state index is 11.0. The van der Waals surface area contributed by atoms with E-state index in [0.717, 1.165) is 0 Å². The first-order valence-electron chi connectivity index (χ1n) is 5.01. The van der Waals surface area contributed by atoms with Crippen LogP contribution >= 0.6 is 0 Å². The monoisotopic (exact) mass is 247 g/mol. The zero-order valence-electron chi connectivity index (χ0n) is 9.40. The molecule has 0 spiro atoms. The number of aromatic carboxylic acids is 1. The van der Waals surface area contributed by atoms with Crippen molar-refractivity contribution in [3.63, 3.8) is 0 Å². The van der Waals surface area contributed by atoms with E-state index in [1.165, 1.54) is 29.1 Å². The summed E-state index contributed by atoms with van der Waals surface area (Å²) in [6.45, 7) is 0. The molecule has 0 saturated carbocycles.